The first-order chi connectivity index (χ1) is 15.3. The molecule has 1 aromatic carbocycles. The molecule has 2 aliphatic heterocycles. The fourth-order valence-electron chi connectivity index (χ4n) is 3.67. The molecule has 1 N–H and O–H groups in total. The maximum atomic E-state index is 13.0. The van der Waals surface area contributed by atoms with E-state index in [0.29, 0.717) is 31.9 Å². The van der Waals surface area contributed by atoms with Crippen LogP contribution in [0.3, 0.4) is 0 Å². The molecule has 0 bridgehead atoms. The second kappa shape index (κ2) is 8.71. The van der Waals surface area contributed by atoms with Crippen molar-refractivity contribution in [2.45, 2.75) is 11.8 Å². The summed E-state index contributed by atoms with van der Waals surface area (Å²) >= 11 is 0. The third kappa shape index (κ3) is 4.36. The Kier molecular flexibility index (Phi) is 5.98. The smallest absolute Gasteiger partial charge is 0.292 e. The van der Waals surface area contributed by atoms with Gasteiger partial charge in [0.05, 0.1) is 17.1 Å². The number of aryl methyl sites for hydroxylation is 1. The minimum atomic E-state index is -3.90. The van der Waals surface area contributed by atoms with Crippen molar-refractivity contribution in [3.8, 4) is 0 Å². The summed E-state index contributed by atoms with van der Waals surface area (Å²) in [4.78, 5) is 40.2. The minimum Gasteiger partial charge on any atom is -0.354 e. The number of benzene rings is 1. The average Bonchev–Trinajstić information content (AvgIpc) is 3.24. The van der Waals surface area contributed by atoms with Crippen molar-refractivity contribution in [1.29, 1.82) is 0 Å². The summed E-state index contributed by atoms with van der Waals surface area (Å²) in [5.41, 5.74) is 0.848. The van der Waals surface area contributed by atoms with E-state index in [1.54, 1.807) is 28.9 Å². The van der Waals surface area contributed by atoms with Crippen LogP contribution in [0.25, 0.3) is 0 Å². The zero-order valence-electron chi connectivity index (χ0n) is 17.5. The van der Waals surface area contributed by atoms with Crippen LogP contribution in [0.4, 0.5) is 0 Å². The van der Waals surface area contributed by atoms with Gasteiger partial charge in [-0.3, -0.25) is 14.4 Å². The molecule has 0 radical (unpaired) electrons. The highest BCUT2D eigenvalue weighted by atomic mass is 32.2. The van der Waals surface area contributed by atoms with E-state index in [1.165, 1.54) is 18.2 Å². The molecule has 2 saturated heterocycles. The fraction of sp³-hybridized carbons (Fsp3) is 0.400. The van der Waals surface area contributed by atoms with Gasteiger partial charge in [-0.2, -0.15) is 4.31 Å². The number of piperazine rings is 2. The molecule has 2 aromatic rings. The lowest BCUT2D eigenvalue weighted by Crippen LogP contribution is -2.50. The van der Waals surface area contributed by atoms with Crippen LogP contribution in [-0.4, -0.2) is 91.2 Å². The summed E-state index contributed by atoms with van der Waals surface area (Å²) in [7, 11) is -3.90. The predicted molar refractivity (Wildman–Crippen MR) is 111 cm³/mol. The summed E-state index contributed by atoms with van der Waals surface area (Å²) in [6.45, 7) is 3.16. The molecule has 2 aliphatic rings. The molecule has 3 heterocycles. The minimum absolute atomic E-state index is 0.0347. The Balaban J connectivity index is 1.43. The Morgan fingerprint density at radius 2 is 1.72 bits per heavy atom. The largest absolute Gasteiger partial charge is 0.354 e. The maximum Gasteiger partial charge on any atom is 0.292 e. The Labute approximate surface area is 185 Å². The van der Waals surface area contributed by atoms with E-state index in [0.717, 1.165) is 4.31 Å². The molecule has 11 nitrogen and oxygen atoms in total. The number of carbonyl (C=O) groups excluding carboxylic acids is 3. The van der Waals surface area contributed by atoms with Crippen LogP contribution >= 0.6 is 0 Å². The zero-order chi connectivity index (χ0) is 22.9. The van der Waals surface area contributed by atoms with Crippen LogP contribution in [0.5, 0.6) is 0 Å². The van der Waals surface area contributed by atoms with Crippen molar-refractivity contribution in [2.24, 2.45) is 0 Å². The first kappa shape index (κ1) is 22.0. The molecule has 1 aromatic heterocycles. The van der Waals surface area contributed by atoms with Crippen LogP contribution in [0.1, 0.15) is 26.6 Å². The quantitative estimate of drug-likeness (QED) is 0.661. The molecular formula is C20H23N5O6S. The molecular weight excluding hydrogens is 438 g/mol. The van der Waals surface area contributed by atoms with Gasteiger partial charge in [0, 0.05) is 50.9 Å². The molecule has 0 aliphatic carbocycles. The highest BCUT2D eigenvalue weighted by Gasteiger charge is 2.31. The Morgan fingerprint density at radius 1 is 1.03 bits per heavy atom. The highest BCUT2D eigenvalue weighted by molar-refractivity contribution is 7.89. The van der Waals surface area contributed by atoms with E-state index < -0.39 is 10.0 Å². The summed E-state index contributed by atoms with van der Waals surface area (Å²) in [5.74, 6) is -0.802. The van der Waals surface area contributed by atoms with Crippen LogP contribution in [0, 0.1) is 6.92 Å². The van der Waals surface area contributed by atoms with Gasteiger partial charge in [-0.1, -0.05) is 11.2 Å². The van der Waals surface area contributed by atoms with Crippen molar-refractivity contribution in [2.75, 3.05) is 45.8 Å². The standard InChI is InChI=1S/C20H23N5O6S/c1-14-11-17(31-22-14)20(28)24-9-7-23(8-10-24)19(27)15-3-2-4-16(12-15)32(29,30)25-6-5-21-18(26)13-25/h2-4,11-12H,5-10,13H2,1H3,(H,21,26). The van der Waals surface area contributed by atoms with Gasteiger partial charge in [0.15, 0.2) is 0 Å². The molecule has 0 unspecified atom stereocenters. The monoisotopic (exact) mass is 461 g/mol. The lowest BCUT2D eigenvalue weighted by atomic mass is 10.2. The van der Waals surface area contributed by atoms with Crippen LogP contribution in [0.2, 0.25) is 0 Å². The molecule has 0 spiro atoms. The van der Waals surface area contributed by atoms with Crippen LogP contribution < -0.4 is 5.32 Å². The molecule has 32 heavy (non-hydrogen) atoms. The van der Waals surface area contributed by atoms with Gasteiger partial charge in [-0.05, 0) is 25.1 Å². The Bertz CT molecular complexity index is 1150. The molecule has 2 fully saturated rings. The van der Waals surface area contributed by atoms with Gasteiger partial charge in [0.2, 0.25) is 21.7 Å². The first-order valence-corrected chi connectivity index (χ1v) is 11.6. The van der Waals surface area contributed by atoms with Crippen LogP contribution in [0.15, 0.2) is 39.8 Å². The molecule has 12 heteroatoms. The highest BCUT2D eigenvalue weighted by Crippen LogP contribution is 2.20. The van der Waals surface area contributed by atoms with Gasteiger partial charge in [-0.25, -0.2) is 8.42 Å². The topological polar surface area (TPSA) is 133 Å². The number of nitrogens with zero attached hydrogens (tertiary/aromatic N) is 4. The second-order valence-electron chi connectivity index (χ2n) is 7.63. The number of carbonyl (C=O) groups is 3. The summed E-state index contributed by atoms with van der Waals surface area (Å²) < 4.78 is 31.9. The fourth-order valence-corrected chi connectivity index (χ4v) is 5.12. The lowest BCUT2D eigenvalue weighted by molar-refractivity contribution is -0.122. The van der Waals surface area contributed by atoms with Crippen molar-refractivity contribution in [3.63, 3.8) is 0 Å². The number of sulfonamides is 1. The number of rotatable bonds is 4. The van der Waals surface area contributed by atoms with Gasteiger partial charge in [0.1, 0.15) is 0 Å². The summed E-state index contributed by atoms with van der Waals surface area (Å²) in [5, 5.41) is 6.31. The molecule has 0 atom stereocenters. The number of hydrogen-bond acceptors (Lipinski definition) is 7. The lowest BCUT2D eigenvalue weighted by Gasteiger charge is -2.34. The SMILES string of the molecule is Cc1cc(C(=O)N2CCN(C(=O)c3cccc(S(=O)(=O)N4CCNC(=O)C4)c3)CC2)on1. The molecule has 170 valence electrons. The van der Waals surface area contributed by atoms with E-state index in [2.05, 4.69) is 10.5 Å². The molecule has 4 rings (SSSR count). The van der Waals surface area contributed by atoms with Gasteiger partial charge >= 0.3 is 0 Å². The van der Waals surface area contributed by atoms with Gasteiger partial charge in [0.25, 0.3) is 11.8 Å². The third-order valence-electron chi connectivity index (χ3n) is 5.41. The molecule has 3 amide bonds. The number of amides is 3. The van der Waals surface area contributed by atoms with Gasteiger partial charge < -0.3 is 19.6 Å². The normalized spacial score (nSPS) is 17.8. The Morgan fingerprint density at radius 3 is 2.34 bits per heavy atom. The predicted octanol–water partition coefficient (Wildman–Crippen LogP) is -0.298. The van der Waals surface area contributed by atoms with Crippen molar-refractivity contribution >= 4 is 27.7 Å². The summed E-state index contributed by atoms with van der Waals surface area (Å²) in [6, 6.07) is 7.38. The third-order valence-corrected chi connectivity index (χ3v) is 7.26. The van der Waals surface area contributed by atoms with Crippen molar-refractivity contribution < 1.29 is 27.3 Å². The zero-order valence-corrected chi connectivity index (χ0v) is 18.3. The van der Waals surface area contributed by atoms with Crippen LogP contribution in [-0.2, 0) is 14.8 Å². The first-order valence-electron chi connectivity index (χ1n) is 10.1. The van der Waals surface area contributed by atoms with E-state index in [9.17, 15) is 22.8 Å². The van der Waals surface area contributed by atoms with Crippen molar-refractivity contribution in [1.82, 2.24) is 24.6 Å². The average molecular weight is 462 g/mol. The van der Waals surface area contributed by atoms with E-state index in [-0.39, 0.29) is 53.6 Å². The van der Waals surface area contributed by atoms with E-state index in [4.69, 9.17) is 4.52 Å². The second-order valence-corrected chi connectivity index (χ2v) is 9.57. The van der Waals surface area contributed by atoms with Gasteiger partial charge in [-0.15, -0.1) is 0 Å². The number of hydrogen-bond donors (Lipinski definition) is 1. The summed E-state index contributed by atoms with van der Waals surface area (Å²) in [6.07, 6.45) is 0. The van der Waals surface area contributed by atoms with E-state index >= 15 is 0 Å². The van der Waals surface area contributed by atoms with E-state index in [1.807, 2.05) is 0 Å². The maximum absolute atomic E-state index is 13.0. The number of aromatic nitrogens is 1. The Hall–Kier alpha value is -3.25. The van der Waals surface area contributed by atoms with Crippen molar-refractivity contribution in [3.05, 3.63) is 47.3 Å². The number of nitrogens with one attached hydrogen (secondary N) is 1. The molecule has 0 saturated carbocycles.